The maximum Gasteiger partial charge on any atom is 0.0747 e. The Hall–Kier alpha value is -3.21. The molecule has 0 bridgehead atoms. The van der Waals surface area contributed by atoms with Crippen LogP contribution in [0.4, 0.5) is 0 Å². The summed E-state index contributed by atoms with van der Waals surface area (Å²) in [5.74, 6) is 0. The lowest BCUT2D eigenvalue weighted by Crippen LogP contribution is -1.94. The highest BCUT2D eigenvalue weighted by Crippen LogP contribution is 2.28. The van der Waals surface area contributed by atoms with Crippen LogP contribution >= 0.6 is 0 Å². The highest BCUT2D eigenvalue weighted by atomic mass is 15.2. The predicted molar refractivity (Wildman–Crippen MR) is 94.5 cm³/mol. The second-order valence-electron chi connectivity index (χ2n) is 5.82. The molecule has 0 aliphatic heterocycles. The maximum atomic E-state index is 4.43. The third-order valence-electron chi connectivity index (χ3n) is 4.22. The molecule has 0 fully saturated rings. The van der Waals surface area contributed by atoms with Gasteiger partial charge in [0.2, 0.25) is 0 Å². The van der Waals surface area contributed by atoms with Gasteiger partial charge < -0.3 is 0 Å². The first-order valence-electron chi connectivity index (χ1n) is 7.71. The number of fused-ring (bicyclic) bond motifs is 1. The molecule has 5 nitrogen and oxygen atoms in total. The van der Waals surface area contributed by atoms with Crippen LogP contribution in [0.25, 0.3) is 22.2 Å². The molecule has 4 rings (SSSR count). The molecule has 0 unspecified atom stereocenters. The van der Waals surface area contributed by atoms with E-state index in [2.05, 4.69) is 27.8 Å². The number of hydrogen-bond acceptors (Lipinski definition) is 3. The molecule has 5 heteroatoms. The van der Waals surface area contributed by atoms with Gasteiger partial charge in [0.05, 0.1) is 17.9 Å². The molecule has 0 aliphatic carbocycles. The molecule has 0 spiro atoms. The average molecular weight is 315 g/mol. The third kappa shape index (κ3) is 2.31. The van der Waals surface area contributed by atoms with Crippen LogP contribution in [0.5, 0.6) is 0 Å². The summed E-state index contributed by atoms with van der Waals surface area (Å²) in [7, 11) is 1.91. The van der Waals surface area contributed by atoms with Crippen LogP contribution in [0.2, 0.25) is 0 Å². The topological polar surface area (TPSA) is 48.0 Å². The molecule has 0 radical (unpaired) electrons. The minimum atomic E-state index is 0.960. The predicted octanol–water partition coefficient (Wildman–Crippen LogP) is 3.50. The molecule has 0 saturated heterocycles. The van der Waals surface area contributed by atoms with E-state index >= 15 is 0 Å². The molecule has 24 heavy (non-hydrogen) atoms. The zero-order chi connectivity index (χ0) is 16.7. The van der Waals surface area contributed by atoms with E-state index in [0.29, 0.717) is 0 Å². The van der Waals surface area contributed by atoms with Gasteiger partial charge >= 0.3 is 0 Å². The highest BCUT2D eigenvalue weighted by molar-refractivity contribution is 5.85. The molecule has 118 valence electrons. The van der Waals surface area contributed by atoms with E-state index in [1.807, 2.05) is 61.5 Å². The van der Waals surface area contributed by atoms with Crippen molar-refractivity contribution in [2.24, 2.45) is 7.05 Å². The Morgan fingerprint density at radius 1 is 1.17 bits per heavy atom. The lowest BCUT2D eigenvalue weighted by atomic mass is 9.98. The van der Waals surface area contributed by atoms with E-state index in [0.717, 1.165) is 39.0 Å². The molecular weight excluding hydrogens is 298 g/mol. The summed E-state index contributed by atoms with van der Waals surface area (Å²) >= 11 is 0. The van der Waals surface area contributed by atoms with Crippen molar-refractivity contribution >= 4 is 11.1 Å². The van der Waals surface area contributed by atoms with Gasteiger partial charge in [0.15, 0.2) is 0 Å². The first-order valence-corrected chi connectivity index (χ1v) is 7.71. The SMILES string of the molecule is C=C(c1ccn2ncc(-c3cnn(C)c3)c2c1)c1cccnc1C. The summed E-state index contributed by atoms with van der Waals surface area (Å²) in [5.41, 5.74) is 7.19. The van der Waals surface area contributed by atoms with Gasteiger partial charge in [-0.15, -0.1) is 0 Å². The molecule has 0 aromatic carbocycles. The fourth-order valence-electron chi connectivity index (χ4n) is 2.91. The summed E-state index contributed by atoms with van der Waals surface area (Å²) in [6, 6.07) is 8.13. The van der Waals surface area contributed by atoms with Crippen LogP contribution in [0.15, 0.2) is 61.8 Å². The van der Waals surface area contributed by atoms with Crippen LogP contribution in [-0.2, 0) is 7.05 Å². The van der Waals surface area contributed by atoms with E-state index in [-0.39, 0.29) is 0 Å². The fourth-order valence-corrected chi connectivity index (χ4v) is 2.91. The van der Waals surface area contributed by atoms with Gasteiger partial charge in [0.1, 0.15) is 0 Å². The van der Waals surface area contributed by atoms with E-state index < -0.39 is 0 Å². The lowest BCUT2D eigenvalue weighted by Gasteiger charge is -2.09. The van der Waals surface area contributed by atoms with Crippen molar-refractivity contribution in [2.45, 2.75) is 6.92 Å². The standard InChI is InChI=1S/C19H17N5/c1-13(17-5-4-7-20-14(17)2)15-6-8-24-19(9-15)18(11-22-24)16-10-21-23(3)12-16/h4-12H,1H2,2-3H3. The van der Waals surface area contributed by atoms with Gasteiger partial charge in [0.25, 0.3) is 0 Å². The average Bonchev–Trinajstić information content (AvgIpc) is 3.20. The molecule has 0 aliphatic rings. The van der Waals surface area contributed by atoms with Crippen LogP contribution in [-0.4, -0.2) is 24.4 Å². The summed E-state index contributed by atoms with van der Waals surface area (Å²) < 4.78 is 3.66. The number of nitrogens with zero attached hydrogens (tertiary/aromatic N) is 5. The third-order valence-corrected chi connectivity index (χ3v) is 4.22. The second kappa shape index (κ2) is 5.45. The van der Waals surface area contributed by atoms with Crippen LogP contribution in [0.3, 0.4) is 0 Å². The number of hydrogen-bond donors (Lipinski definition) is 0. The van der Waals surface area contributed by atoms with Crippen molar-refractivity contribution in [1.82, 2.24) is 24.4 Å². The highest BCUT2D eigenvalue weighted by Gasteiger charge is 2.11. The summed E-state index contributed by atoms with van der Waals surface area (Å²) in [6.45, 7) is 6.27. The van der Waals surface area contributed by atoms with Gasteiger partial charge in [0, 0.05) is 48.0 Å². The zero-order valence-corrected chi connectivity index (χ0v) is 13.6. The van der Waals surface area contributed by atoms with Crippen molar-refractivity contribution in [1.29, 1.82) is 0 Å². The van der Waals surface area contributed by atoms with Gasteiger partial charge in [-0.1, -0.05) is 12.6 Å². The molecule has 4 aromatic heterocycles. The van der Waals surface area contributed by atoms with Crippen LogP contribution in [0.1, 0.15) is 16.8 Å². The van der Waals surface area contributed by atoms with E-state index in [1.54, 1.807) is 10.9 Å². The van der Waals surface area contributed by atoms with E-state index in [1.165, 1.54) is 0 Å². The fraction of sp³-hybridized carbons (Fsp3) is 0.105. The second-order valence-corrected chi connectivity index (χ2v) is 5.82. The monoisotopic (exact) mass is 315 g/mol. The van der Waals surface area contributed by atoms with Crippen LogP contribution in [0, 0.1) is 6.92 Å². The first-order chi connectivity index (χ1) is 11.6. The van der Waals surface area contributed by atoms with Crippen molar-refractivity contribution in [2.75, 3.05) is 0 Å². The van der Waals surface area contributed by atoms with E-state index in [9.17, 15) is 0 Å². The molecule has 0 amide bonds. The summed E-state index contributed by atoms with van der Waals surface area (Å²) in [6.07, 6.45) is 9.47. The number of pyridine rings is 2. The normalized spacial score (nSPS) is 11.1. The molecule has 4 heterocycles. The van der Waals surface area contributed by atoms with Crippen LogP contribution < -0.4 is 0 Å². The Morgan fingerprint density at radius 3 is 2.79 bits per heavy atom. The molecule has 4 aromatic rings. The first kappa shape index (κ1) is 14.4. The van der Waals surface area contributed by atoms with Crippen molar-refractivity contribution in [3.05, 3.63) is 78.6 Å². The maximum absolute atomic E-state index is 4.43. The van der Waals surface area contributed by atoms with Gasteiger partial charge in [-0.05, 0) is 36.3 Å². The smallest absolute Gasteiger partial charge is 0.0747 e. The molecule has 0 saturated carbocycles. The Bertz CT molecular complexity index is 1050. The van der Waals surface area contributed by atoms with Gasteiger partial charge in [-0.3, -0.25) is 9.67 Å². The summed E-state index contributed by atoms with van der Waals surface area (Å²) in [5, 5.41) is 8.68. The van der Waals surface area contributed by atoms with Crippen molar-refractivity contribution in [3.8, 4) is 11.1 Å². The minimum absolute atomic E-state index is 0.960. The van der Waals surface area contributed by atoms with E-state index in [4.69, 9.17) is 0 Å². The molecule has 0 N–H and O–H groups in total. The quantitative estimate of drug-likeness (QED) is 0.581. The number of rotatable bonds is 3. The Balaban J connectivity index is 1.83. The van der Waals surface area contributed by atoms with Gasteiger partial charge in [-0.25, -0.2) is 4.52 Å². The summed E-state index contributed by atoms with van der Waals surface area (Å²) in [4.78, 5) is 4.36. The zero-order valence-electron chi connectivity index (χ0n) is 13.6. The van der Waals surface area contributed by atoms with Crippen molar-refractivity contribution in [3.63, 3.8) is 0 Å². The minimum Gasteiger partial charge on any atom is -0.275 e. The van der Waals surface area contributed by atoms with Crippen molar-refractivity contribution < 1.29 is 0 Å². The molecule has 0 atom stereocenters. The number of aryl methyl sites for hydroxylation is 2. The number of aromatic nitrogens is 5. The Morgan fingerprint density at radius 2 is 2.04 bits per heavy atom. The largest absolute Gasteiger partial charge is 0.275 e. The molecular formula is C19H17N5. The van der Waals surface area contributed by atoms with Gasteiger partial charge in [-0.2, -0.15) is 10.2 Å². The Kier molecular flexibility index (Phi) is 3.27. The lowest BCUT2D eigenvalue weighted by molar-refractivity contribution is 0.768. The Labute approximate surface area is 139 Å².